The fourth-order valence-corrected chi connectivity index (χ4v) is 2.96. The van der Waals surface area contributed by atoms with E-state index in [1.54, 1.807) is 6.07 Å². The second-order valence-corrected chi connectivity index (χ2v) is 8.05. The van der Waals surface area contributed by atoms with Gasteiger partial charge in [-0.3, -0.25) is 14.3 Å². The first-order valence-electron chi connectivity index (χ1n) is 7.41. The summed E-state index contributed by atoms with van der Waals surface area (Å²) in [5.74, 6) is 0.232. The minimum Gasteiger partial charge on any atom is -0.338 e. The molecular formula is C17H22N2O3S. The van der Waals surface area contributed by atoms with Crippen LogP contribution in [0, 0.1) is 6.92 Å². The first kappa shape index (κ1) is 17.4. The monoisotopic (exact) mass is 334 g/mol. The molecule has 2 aromatic rings. The van der Waals surface area contributed by atoms with Crippen molar-refractivity contribution in [1.82, 2.24) is 5.16 Å². The van der Waals surface area contributed by atoms with Crippen molar-refractivity contribution < 1.29 is 13.5 Å². The molecule has 0 bridgehead atoms. The van der Waals surface area contributed by atoms with Crippen LogP contribution in [0.3, 0.4) is 0 Å². The molecule has 0 radical (unpaired) electrons. The molecule has 1 atom stereocenters. The Morgan fingerprint density at radius 2 is 1.91 bits per heavy atom. The van der Waals surface area contributed by atoms with Crippen molar-refractivity contribution in [3.05, 3.63) is 47.2 Å². The summed E-state index contributed by atoms with van der Waals surface area (Å²) in [5, 5.41) is 6.53. The highest BCUT2D eigenvalue weighted by Crippen LogP contribution is 2.23. The molecule has 0 unspecified atom stereocenters. The van der Waals surface area contributed by atoms with Crippen LogP contribution < -0.4 is 5.32 Å². The molecule has 0 aliphatic carbocycles. The van der Waals surface area contributed by atoms with Crippen molar-refractivity contribution in [2.24, 2.45) is 0 Å². The van der Waals surface area contributed by atoms with Crippen molar-refractivity contribution in [2.75, 3.05) is 11.1 Å². The zero-order valence-corrected chi connectivity index (χ0v) is 14.7. The zero-order chi connectivity index (χ0) is 17.0. The smallest absolute Gasteiger partial charge is 0.239 e. The number of rotatable bonds is 5. The number of hydrogen-bond donors (Lipinski definition) is 1. The van der Waals surface area contributed by atoms with Crippen molar-refractivity contribution in [3.63, 3.8) is 0 Å². The normalized spacial score (nSPS) is 12.9. The fourth-order valence-electron chi connectivity index (χ4n) is 1.93. The van der Waals surface area contributed by atoms with Gasteiger partial charge in [-0.05, 0) is 12.5 Å². The van der Waals surface area contributed by atoms with Crippen LogP contribution in [-0.4, -0.2) is 21.0 Å². The number of carbonyl (C=O) groups is 1. The Morgan fingerprint density at radius 3 is 2.48 bits per heavy atom. The number of aromatic nitrogens is 1. The van der Waals surface area contributed by atoms with Crippen LogP contribution in [0.5, 0.6) is 0 Å². The Labute approximate surface area is 138 Å². The van der Waals surface area contributed by atoms with E-state index in [9.17, 15) is 9.00 Å². The van der Waals surface area contributed by atoms with E-state index in [1.165, 1.54) is 0 Å². The van der Waals surface area contributed by atoms with Gasteiger partial charge in [-0.25, -0.2) is 0 Å². The third kappa shape index (κ3) is 5.32. The Hall–Kier alpha value is -1.95. The molecule has 1 aromatic carbocycles. The lowest BCUT2D eigenvalue weighted by Gasteiger charge is -2.12. The van der Waals surface area contributed by atoms with Crippen LogP contribution in [0.25, 0.3) is 0 Å². The van der Waals surface area contributed by atoms with Gasteiger partial charge in [-0.1, -0.05) is 55.8 Å². The van der Waals surface area contributed by atoms with Crippen LogP contribution in [0.1, 0.15) is 37.6 Å². The van der Waals surface area contributed by atoms with Crippen molar-refractivity contribution in [3.8, 4) is 0 Å². The van der Waals surface area contributed by atoms with Crippen LogP contribution in [0.15, 0.2) is 34.9 Å². The van der Waals surface area contributed by atoms with E-state index >= 15 is 0 Å². The van der Waals surface area contributed by atoms with Crippen molar-refractivity contribution in [1.29, 1.82) is 0 Å². The molecule has 0 saturated heterocycles. The van der Waals surface area contributed by atoms with Crippen LogP contribution in [0.2, 0.25) is 0 Å². The van der Waals surface area contributed by atoms with Gasteiger partial charge in [0.15, 0.2) is 0 Å². The average Bonchev–Trinajstić information content (AvgIpc) is 2.89. The third-order valence-electron chi connectivity index (χ3n) is 3.28. The number of hydrogen-bond acceptors (Lipinski definition) is 4. The SMILES string of the molecule is Cc1ccc(C[S@](=O)CC(=O)Nc2cc(C(C)(C)C)no2)cc1. The number of benzene rings is 1. The summed E-state index contributed by atoms with van der Waals surface area (Å²) in [6.45, 7) is 8.02. The summed E-state index contributed by atoms with van der Waals surface area (Å²) < 4.78 is 17.2. The minimum absolute atomic E-state index is 0.0700. The van der Waals surface area contributed by atoms with E-state index in [1.807, 2.05) is 52.0 Å². The van der Waals surface area contributed by atoms with E-state index in [0.717, 1.165) is 16.8 Å². The molecule has 23 heavy (non-hydrogen) atoms. The summed E-state index contributed by atoms with van der Waals surface area (Å²) >= 11 is 0. The van der Waals surface area contributed by atoms with Gasteiger partial charge in [0.1, 0.15) is 5.75 Å². The van der Waals surface area contributed by atoms with Gasteiger partial charge in [0.05, 0.1) is 5.69 Å². The average molecular weight is 334 g/mol. The molecule has 0 spiro atoms. The first-order chi connectivity index (χ1) is 10.7. The molecule has 1 N–H and O–H groups in total. The molecular weight excluding hydrogens is 312 g/mol. The fraction of sp³-hybridized carbons (Fsp3) is 0.412. The molecule has 0 aliphatic rings. The van der Waals surface area contributed by atoms with E-state index in [0.29, 0.717) is 5.75 Å². The summed E-state index contributed by atoms with van der Waals surface area (Å²) in [6.07, 6.45) is 0. The van der Waals surface area contributed by atoms with Gasteiger partial charge in [-0.15, -0.1) is 0 Å². The Morgan fingerprint density at radius 1 is 1.26 bits per heavy atom. The largest absolute Gasteiger partial charge is 0.338 e. The number of nitrogens with zero attached hydrogens (tertiary/aromatic N) is 1. The van der Waals surface area contributed by atoms with E-state index in [-0.39, 0.29) is 23.0 Å². The van der Waals surface area contributed by atoms with Gasteiger partial charge in [0.2, 0.25) is 11.8 Å². The molecule has 0 fully saturated rings. The summed E-state index contributed by atoms with van der Waals surface area (Å²) in [5.41, 5.74) is 2.71. The van der Waals surface area contributed by atoms with E-state index in [4.69, 9.17) is 4.52 Å². The Kier molecular flexibility index (Phi) is 5.36. The van der Waals surface area contributed by atoms with Gasteiger partial charge in [0.25, 0.3) is 0 Å². The summed E-state index contributed by atoms with van der Waals surface area (Å²) in [4.78, 5) is 11.9. The molecule has 6 heteroatoms. The van der Waals surface area contributed by atoms with Gasteiger partial charge >= 0.3 is 0 Å². The maximum Gasteiger partial charge on any atom is 0.239 e. The molecule has 0 saturated carbocycles. The molecule has 1 amide bonds. The molecule has 1 heterocycles. The van der Waals surface area contributed by atoms with Gasteiger partial charge in [0, 0.05) is 28.0 Å². The number of amides is 1. The molecule has 1 aromatic heterocycles. The second-order valence-electron chi connectivity index (χ2n) is 6.59. The molecule has 124 valence electrons. The lowest BCUT2D eigenvalue weighted by molar-refractivity contribution is -0.114. The first-order valence-corrected chi connectivity index (χ1v) is 8.90. The molecule has 5 nitrogen and oxygen atoms in total. The predicted molar refractivity (Wildman–Crippen MR) is 91.7 cm³/mol. The highest BCUT2D eigenvalue weighted by molar-refractivity contribution is 7.84. The quantitative estimate of drug-likeness (QED) is 0.911. The predicted octanol–water partition coefficient (Wildman–Crippen LogP) is 3.17. The lowest BCUT2D eigenvalue weighted by atomic mass is 9.92. The van der Waals surface area contributed by atoms with E-state index in [2.05, 4.69) is 10.5 Å². The van der Waals surface area contributed by atoms with Gasteiger partial charge in [-0.2, -0.15) is 0 Å². The van der Waals surface area contributed by atoms with Crippen LogP contribution in [0.4, 0.5) is 5.88 Å². The third-order valence-corrected chi connectivity index (χ3v) is 4.52. The maximum atomic E-state index is 12.1. The van der Waals surface area contributed by atoms with Gasteiger partial charge < -0.3 is 4.52 Å². The Bertz CT molecular complexity index is 699. The van der Waals surface area contributed by atoms with Crippen molar-refractivity contribution >= 4 is 22.6 Å². The number of anilines is 1. The highest BCUT2D eigenvalue weighted by atomic mass is 32.2. The standard InChI is InChI=1S/C17H22N2O3S/c1-12-5-7-13(8-6-12)10-23(21)11-15(20)18-16-9-14(19-22-16)17(2,3)4/h5-9H,10-11H2,1-4H3,(H,18,20)/t23-/m0/s1. The minimum atomic E-state index is -1.27. The van der Waals surface area contributed by atoms with Crippen LogP contribution in [-0.2, 0) is 26.8 Å². The second kappa shape index (κ2) is 7.08. The van der Waals surface area contributed by atoms with Crippen LogP contribution >= 0.6 is 0 Å². The number of carbonyl (C=O) groups excluding carboxylic acids is 1. The molecule has 0 aliphatic heterocycles. The highest BCUT2D eigenvalue weighted by Gasteiger charge is 2.20. The number of nitrogens with one attached hydrogen (secondary N) is 1. The zero-order valence-electron chi connectivity index (χ0n) is 13.9. The number of aryl methyl sites for hydroxylation is 1. The lowest BCUT2D eigenvalue weighted by Crippen LogP contribution is -2.20. The summed E-state index contributed by atoms with van der Waals surface area (Å²) in [7, 11) is -1.27. The summed E-state index contributed by atoms with van der Waals surface area (Å²) in [6, 6.07) is 9.49. The molecule has 2 rings (SSSR count). The Balaban J connectivity index is 1.88. The van der Waals surface area contributed by atoms with E-state index < -0.39 is 10.8 Å². The topological polar surface area (TPSA) is 72.2 Å². The van der Waals surface area contributed by atoms with Crippen molar-refractivity contribution in [2.45, 2.75) is 38.9 Å². The maximum absolute atomic E-state index is 12.1.